The summed E-state index contributed by atoms with van der Waals surface area (Å²) >= 11 is 12.7. The molecule has 0 bridgehead atoms. The molecule has 39 heavy (non-hydrogen) atoms. The van der Waals surface area contributed by atoms with Gasteiger partial charge in [-0.25, -0.2) is 8.42 Å². The van der Waals surface area contributed by atoms with Gasteiger partial charge in [0.15, 0.2) is 0 Å². The largest absolute Gasteiger partial charge is 0.495 e. The number of rotatable bonds is 13. The Kier molecular flexibility index (Phi) is 11.4. The SMILES string of the molecule is CC[C@H](C(=O)NCC(C)C)N(Cc1c(Cl)cccc1Cl)C(=O)CN(c1cc([N+](=O)[O-])ccc1OC)S(C)(=O)=O. The first-order chi connectivity index (χ1) is 18.2. The summed E-state index contributed by atoms with van der Waals surface area (Å²) in [5.74, 6) is -1.03. The van der Waals surface area contributed by atoms with Crippen molar-refractivity contribution in [2.24, 2.45) is 5.92 Å². The van der Waals surface area contributed by atoms with Crippen LogP contribution >= 0.6 is 23.2 Å². The summed E-state index contributed by atoms with van der Waals surface area (Å²) in [6, 6.07) is 7.22. The van der Waals surface area contributed by atoms with Crippen LogP contribution in [0.5, 0.6) is 5.75 Å². The number of carbonyl (C=O) groups is 2. The van der Waals surface area contributed by atoms with E-state index in [0.717, 1.165) is 18.4 Å². The number of nitro benzene ring substituents is 1. The van der Waals surface area contributed by atoms with Crippen molar-refractivity contribution in [3.8, 4) is 5.75 Å². The van der Waals surface area contributed by atoms with Crippen LogP contribution in [-0.4, -0.2) is 62.6 Å². The quantitative estimate of drug-likeness (QED) is 0.267. The number of anilines is 1. The maximum absolute atomic E-state index is 13.8. The second kappa shape index (κ2) is 13.8. The molecule has 14 heteroatoms. The van der Waals surface area contributed by atoms with Crippen molar-refractivity contribution in [2.45, 2.75) is 39.8 Å². The summed E-state index contributed by atoms with van der Waals surface area (Å²) in [7, 11) is -2.89. The second-order valence-electron chi connectivity index (χ2n) is 9.17. The van der Waals surface area contributed by atoms with Gasteiger partial charge in [0.2, 0.25) is 21.8 Å². The lowest BCUT2D eigenvalue weighted by molar-refractivity contribution is -0.384. The minimum absolute atomic E-state index is 0.00115. The van der Waals surface area contributed by atoms with Crippen molar-refractivity contribution in [3.63, 3.8) is 0 Å². The molecule has 0 unspecified atom stereocenters. The molecule has 214 valence electrons. The predicted molar refractivity (Wildman–Crippen MR) is 151 cm³/mol. The van der Waals surface area contributed by atoms with Crippen LogP contribution < -0.4 is 14.4 Å². The highest BCUT2D eigenvalue weighted by Crippen LogP contribution is 2.34. The normalized spacial score (nSPS) is 12.1. The van der Waals surface area contributed by atoms with E-state index < -0.39 is 45.0 Å². The molecule has 0 heterocycles. The standard InChI is InChI=1S/C25H32Cl2N4O7S/c1-6-21(25(33)28-13-16(2)3)29(14-18-19(26)8-7-9-20(18)27)24(32)15-30(39(5,36)37)22-12-17(31(34)35)10-11-23(22)38-4/h7-12,16,21H,6,13-15H2,1-5H3,(H,28,33)/t21-/m1/s1. The van der Waals surface area contributed by atoms with Crippen molar-refractivity contribution in [2.75, 3.05) is 30.8 Å². The van der Waals surface area contributed by atoms with Gasteiger partial charge >= 0.3 is 0 Å². The first kappa shape index (κ1) is 32.1. The minimum atomic E-state index is -4.15. The van der Waals surface area contributed by atoms with Gasteiger partial charge in [0, 0.05) is 40.8 Å². The monoisotopic (exact) mass is 602 g/mol. The van der Waals surface area contributed by atoms with Crippen molar-refractivity contribution in [1.82, 2.24) is 10.2 Å². The Bertz CT molecular complexity index is 1300. The molecule has 11 nitrogen and oxygen atoms in total. The summed E-state index contributed by atoms with van der Waals surface area (Å²) in [5, 5.41) is 14.7. The van der Waals surface area contributed by atoms with Gasteiger partial charge in [-0.2, -0.15) is 0 Å². The number of hydrogen-bond acceptors (Lipinski definition) is 7. The number of hydrogen-bond donors (Lipinski definition) is 1. The molecule has 1 N–H and O–H groups in total. The molecule has 2 rings (SSSR count). The van der Waals surface area contributed by atoms with Gasteiger partial charge < -0.3 is 15.0 Å². The zero-order valence-corrected chi connectivity index (χ0v) is 24.6. The van der Waals surface area contributed by atoms with Crippen LogP contribution in [-0.2, 0) is 26.2 Å². The maximum Gasteiger partial charge on any atom is 0.271 e. The molecule has 0 fully saturated rings. The van der Waals surface area contributed by atoms with Gasteiger partial charge in [-0.15, -0.1) is 0 Å². The third kappa shape index (κ3) is 8.45. The number of ether oxygens (including phenoxy) is 1. The molecule has 2 amide bonds. The van der Waals surface area contributed by atoms with E-state index in [1.54, 1.807) is 25.1 Å². The average molecular weight is 604 g/mol. The van der Waals surface area contributed by atoms with Crippen LogP contribution in [0, 0.1) is 16.0 Å². The molecular formula is C25H32Cl2N4O7S. The number of non-ortho nitro benzene ring substituents is 1. The first-order valence-electron chi connectivity index (χ1n) is 12.0. The molecule has 2 aromatic carbocycles. The molecule has 0 radical (unpaired) electrons. The van der Waals surface area contributed by atoms with Crippen LogP contribution in [0.1, 0.15) is 32.8 Å². The van der Waals surface area contributed by atoms with E-state index in [1.807, 2.05) is 13.8 Å². The number of nitrogens with zero attached hydrogens (tertiary/aromatic N) is 3. The topological polar surface area (TPSA) is 139 Å². The van der Waals surface area contributed by atoms with Crippen molar-refractivity contribution >= 4 is 56.4 Å². The number of sulfonamides is 1. The number of carbonyl (C=O) groups excluding carboxylic acids is 2. The third-order valence-electron chi connectivity index (χ3n) is 5.78. The highest BCUT2D eigenvalue weighted by atomic mass is 35.5. The van der Waals surface area contributed by atoms with Gasteiger partial charge in [0.05, 0.1) is 18.3 Å². The van der Waals surface area contributed by atoms with Crippen molar-refractivity contribution in [3.05, 3.63) is 62.1 Å². The molecule has 0 spiro atoms. The molecule has 0 aliphatic heterocycles. The number of amides is 2. The van der Waals surface area contributed by atoms with Gasteiger partial charge in [-0.05, 0) is 30.5 Å². The summed E-state index contributed by atoms with van der Waals surface area (Å²) < 4.78 is 31.7. The number of nitrogens with one attached hydrogen (secondary N) is 1. The van der Waals surface area contributed by atoms with Gasteiger partial charge in [0.25, 0.3) is 5.69 Å². The minimum Gasteiger partial charge on any atom is -0.495 e. The van der Waals surface area contributed by atoms with Crippen LogP contribution in [0.15, 0.2) is 36.4 Å². The maximum atomic E-state index is 13.8. The first-order valence-corrected chi connectivity index (χ1v) is 14.6. The molecule has 2 aromatic rings. The van der Waals surface area contributed by atoms with E-state index >= 15 is 0 Å². The molecule has 0 saturated heterocycles. The third-order valence-corrected chi connectivity index (χ3v) is 7.62. The summed E-state index contributed by atoms with van der Waals surface area (Å²) in [4.78, 5) is 38.9. The Hall–Kier alpha value is -3.09. The zero-order chi connectivity index (χ0) is 29.5. The van der Waals surface area contributed by atoms with Gasteiger partial charge in [0.1, 0.15) is 24.0 Å². The van der Waals surface area contributed by atoms with Crippen molar-refractivity contribution in [1.29, 1.82) is 0 Å². The average Bonchev–Trinajstić information content (AvgIpc) is 2.86. The smallest absolute Gasteiger partial charge is 0.271 e. The molecule has 0 aliphatic carbocycles. The fourth-order valence-electron chi connectivity index (χ4n) is 3.78. The molecule has 0 saturated carbocycles. The lowest BCUT2D eigenvalue weighted by Crippen LogP contribution is -2.52. The second-order valence-corrected chi connectivity index (χ2v) is 11.9. The lowest BCUT2D eigenvalue weighted by Gasteiger charge is -2.33. The summed E-state index contributed by atoms with van der Waals surface area (Å²) in [6.45, 7) is 4.96. The predicted octanol–water partition coefficient (Wildman–Crippen LogP) is 4.26. The van der Waals surface area contributed by atoms with Gasteiger partial charge in [-0.1, -0.05) is 50.0 Å². The van der Waals surface area contributed by atoms with Crippen LogP contribution in [0.3, 0.4) is 0 Å². The van der Waals surface area contributed by atoms with Crippen molar-refractivity contribution < 1.29 is 27.7 Å². The highest BCUT2D eigenvalue weighted by molar-refractivity contribution is 7.92. The Morgan fingerprint density at radius 1 is 1.15 bits per heavy atom. The lowest BCUT2D eigenvalue weighted by atomic mass is 10.1. The van der Waals surface area contributed by atoms with E-state index in [4.69, 9.17) is 27.9 Å². The number of halogens is 2. The van der Waals surface area contributed by atoms with E-state index in [0.29, 0.717) is 16.4 Å². The highest BCUT2D eigenvalue weighted by Gasteiger charge is 2.34. The van der Waals surface area contributed by atoms with Crippen LogP contribution in [0.2, 0.25) is 10.0 Å². The zero-order valence-electron chi connectivity index (χ0n) is 22.3. The Morgan fingerprint density at radius 2 is 1.77 bits per heavy atom. The van der Waals surface area contributed by atoms with E-state index in [2.05, 4.69) is 5.32 Å². The summed E-state index contributed by atoms with van der Waals surface area (Å²) in [6.07, 6.45) is 1.07. The van der Waals surface area contributed by atoms with E-state index in [1.165, 1.54) is 18.1 Å². The number of benzene rings is 2. The molecule has 1 atom stereocenters. The molecule has 0 aromatic heterocycles. The van der Waals surface area contributed by atoms with Gasteiger partial charge in [-0.3, -0.25) is 24.0 Å². The van der Waals surface area contributed by atoms with Crippen LogP contribution in [0.25, 0.3) is 0 Å². The fourth-order valence-corrected chi connectivity index (χ4v) is 5.14. The Morgan fingerprint density at radius 3 is 2.26 bits per heavy atom. The molecule has 0 aliphatic rings. The van der Waals surface area contributed by atoms with E-state index in [9.17, 15) is 28.1 Å². The summed E-state index contributed by atoms with van der Waals surface area (Å²) in [5.41, 5.74) is -0.218. The number of nitro groups is 1. The Labute approximate surface area is 238 Å². The van der Waals surface area contributed by atoms with E-state index in [-0.39, 0.29) is 40.4 Å². The number of methoxy groups -OCH3 is 1. The van der Waals surface area contributed by atoms with Crippen LogP contribution in [0.4, 0.5) is 11.4 Å². The fraction of sp³-hybridized carbons (Fsp3) is 0.440. The molecular weight excluding hydrogens is 571 g/mol. The Balaban J connectivity index is 2.60.